The van der Waals surface area contributed by atoms with Crippen molar-refractivity contribution in [1.82, 2.24) is 4.90 Å². The largest absolute Gasteiger partial charge is 0.444 e. The Morgan fingerprint density at radius 1 is 1.36 bits per heavy atom. The van der Waals surface area contributed by atoms with Crippen LogP contribution in [0.3, 0.4) is 0 Å². The van der Waals surface area contributed by atoms with Gasteiger partial charge in [-0.05, 0) is 56.7 Å². The highest BCUT2D eigenvalue weighted by Crippen LogP contribution is 2.27. The van der Waals surface area contributed by atoms with E-state index in [-0.39, 0.29) is 6.09 Å². The molecular weight excluding hydrogens is 422 g/mol. The fourth-order valence-corrected chi connectivity index (χ4v) is 3.54. The molecule has 142 valence electrons. The van der Waals surface area contributed by atoms with Gasteiger partial charge in [-0.3, -0.25) is 4.90 Å². The third-order valence-corrected chi connectivity index (χ3v) is 5.23. The van der Waals surface area contributed by atoms with E-state index in [9.17, 15) is 4.79 Å². The van der Waals surface area contributed by atoms with E-state index in [0.717, 1.165) is 35.2 Å². The molecule has 0 aliphatic rings. The van der Waals surface area contributed by atoms with Crippen LogP contribution >= 0.6 is 40.2 Å². The summed E-state index contributed by atoms with van der Waals surface area (Å²) in [5.74, 6) is 0.831. The molecule has 1 rings (SSSR count). The molecule has 0 heterocycles. The summed E-state index contributed by atoms with van der Waals surface area (Å²) in [4.78, 5) is 13.7. The number of carbonyl (C=O) groups is 1. The quantitative estimate of drug-likeness (QED) is 0.208. The summed E-state index contributed by atoms with van der Waals surface area (Å²) in [7, 11) is 0. The molecule has 1 aromatic carbocycles. The molecule has 6 heteroatoms. The van der Waals surface area contributed by atoms with E-state index in [1.54, 1.807) is 4.90 Å². The van der Waals surface area contributed by atoms with E-state index < -0.39 is 5.60 Å². The Labute approximate surface area is 171 Å². The molecule has 0 saturated carbocycles. The van der Waals surface area contributed by atoms with E-state index in [2.05, 4.69) is 47.6 Å². The molecule has 1 atom stereocenters. The SMILES string of the molecule is CC(CCCCN(CS)C(=O)OC(C)(C)C)c1ccc(Cl)c(CBr)c1. The molecule has 0 aliphatic carbocycles. The van der Waals surface area contributed by atoms with Crippen molar-refractivity contribution in [2.24, 2.45) is 0 Å². The Kier molecular flexibility index (Phi) is 9.68. The van der Waals surface area contributed by atoms with Gasteiger partial charge in [-0.15, -0.1) is 0 Å². The normalized spacial score (nSPS) is 12.8. The smallest absolute Gasteiger partial charge is 0.410 e. The Morgan fingerprint density at radius 2 is 2.04 bits per heavy atom. The van der Waals surface area contributed by atoms with Crippen LogP contribution in [0.5, 0.6) is 0 Å². The molecule has 0 fully saturated rings. The molecule has 1 unspecified atom stereocenters. The highest BCUT2D eigenvalue weighted by atomic mass is 79.9. The van der Waals surface area contributed by atoms with Gasteiger partial charge in [-0.1, -0.05) is 53.0 Å². The highest BCUT2D eigenvalue weighted by Gasteiger charge is 2.21. The van der Waals surface area contributed by atoms with E-state index in [4.69, 9.17) is 16.3 Å². The number of ether oxygens (including phenoxy) is 1. The summed E-state index contributed by atoms with van der Waals surface area (Å²) in [6.45, 7) is 8.51. The van der Waals surface area contributed by atoms with Crippen molar-refractivity contribution < 1.29 is 9.53 Å². The number of alkyl halides is 1. The van der Waals surface area contributed by atoms with Crippen LogP contribution in [0.15, 0.2) is 18.2 Å². The van der Waals surface area contributed by atoms with Gasteiger partial charge >= 0.3 is 6.09 Å². The van der Waals surface area contributed by atoms with Crippen LogP contribution in [0.2, 0.25) is 5.02 Å². The second-order valence-electron chi connectivity index (χ2n) is 7.27. The van der Waals surface area contributed by atoms with Gasteiger partial charge in [-0.25, -0.2) is 4.79 Å². The lowest BCUT2D eigenvalue weighted by molar-refractivity contribution is 0.0285. The van der Waals surface area contributed by atoms with Crippen LogP contribution in [-0.4, -0.2) is 29.0 Å². The molecule has 0 aromatic heterocycles. The van der Waals surface area contributed by atoms with Crippen molar-refractivity contribution in [3.8, 4) is 0 Å². The topological polar surface area (TPSA) is 29.5 Å². The number of halogens is 2. The van der Waals surface area contributed by atoms with Gasteiger partial charge in [0.1, 0.15) is 5.60 Å². The minimum Gasteiger partial charge on any atom is -0.444 e. The first kappa shape index (κ1) is 22.7. The molecule has 0 saturated heterocycles. The number of thiol groups is 1. The summed E-state index contributed by atoms with van der Waals surface area (Å²) in [6.07, 6.45) is 2.75. The van der Waals surface area contributed by atoms with Crippen LogP contribution in [0.1, 0.15) is 64.0 Å². The van der Waals surface area contributed by atoms with Crippen molar-refractivity contribution in [3.63, 3.8) is 0 Å². The van der Waals surface area contributed by atoms with Gasteiger partial charge < -0.3 is 4.74 Å². The zero-order valence-corrected chi connectivity index (χ0v) is 18.8. The van der Waals surface area contributed by atoms with Crippen molar-refractivity contribution >= 4 is 46.3 Å². The minimum atomic E-state index is -0.478. The predicted octanol–water partition coefficient (Wildman–Crippen LogP) is 6.63. The average molecular weight is 451 g/mol. The molecule has 0 radical (unpaired) electrons. The fourth-order valence-electron chi connectivity index (χ4n) is 2.47. The second kappa shape index (κ2) is 10.7. The zero-order chi connectivity index (χ0) is 19.0. The average Bonchev–Trinajstić information content (AvgIpc) is 2.53. The Bertz CT molecular complexity index is 563. The number of nitrogens with zero attached hydrogens (tertiary/aromatic N) is 1. The summed E-state index contributed by atoms with van der Waals surface area (Å²) < 4.78 is 5.40. The van der Waals surface area contributed by atoms with E-state index in [0.29, 0.717) is 18.3 Å². The first-order valence-electron chi connectivity index (χ1n) is 8.61. The lowest BCUT2D eigenvalue weighted by Gasteiger charge is -2.26. The number of rotatable bonds is 8. The van der Waals surface area contributed by atoms with Gasteiger partial charge in [0, 0.05) is 16.9 Å². The summed E-state index contributed by atoms with van der Waals surface area (Å²) in [6, 6.07) is 6.23. The molecule has 1 amide bonds. The predicted molar refractivity (Wildman–Crippen MR) is 113 cm³/mol. The number of benzene rings is 1. The Balaban J connectivity index is 2.44. The highest BCUT2D eigenvalue weighted by molar-refractivity contribution is 9.08. The Hall–Kier alpha value is -0.390. The third-order valence-electron chi connectivity index (χ3n) is 3.92. The van der Waals surface area contributed by atoms with Crippen LogP contribution < -0.4 is 0 Å². The van der Waals surface area contributed by atoms with Crippen LogP contribution in [0.4, 0.5) is 4.79 Å². The van der Waals surface area contributed by atoms with Crippen molar-refractivity contribution in [2.75, 3.05) is 12.4 Å². The number of hydrogen-bond donors (Lipinski definition) is 1. The molecule has 3 nitrogen and oxygen atoms in total. The maximum Gasteiger partial charge on any atom is 0.410 e. The Morgan fingerprint density at radius 3 is 2.60 bits per heavy atom. The van der Waals surface area contributed by atoms with Crippen molar-refractivity contribution in [2.45, 2.75) is 63.8 Å². The van der Waals surface area contributed by atoms with Gasteiger partial charge in [0.15, 0.2) is 0 Å². The third kappa shape index (κ3) is 8.23. The van der Waals surface area contributed by atoms with Crippen LogP contribution in [-0.2, 0) is 10.1 Å². The van der Waals surface area contributed by atoms with Crippen LogP contribution in [0.25, 0.3) is 0 Å². The maximum atomic E-state index is 12.1. The van der Waals surface area contributed by atoms with Crippen LogP contribution in [0, 0.1) is 0 Å². The molecular formula is C19H29BrClNO2S. The first-order chi connectivity index (χ1) is 11.7. The molecule has 0 aliphatic heterocycles. The lowest BCUT2D eigenvalue weighted by Crippen LogP contribution is -2.36. The van der Waals surface area contributed by atoms with E-state index in [1.807, 2.05) is 26.8 Å². The number of carbonyl (C=O) groups excluding carboxylic acids is 1. The lowest BCUT2D eigenvalue weighted by atomic mass is 9.94. The van der Waals surface area contributed by atoms with Crippen molar-refractivity contribution in [3.05, 3.63) is 34.3 Å². The summed E-state index contributed by atoms with van der Waals surface area (Å²) in [5.41, 5.74) is 1.95. The molecule has 1 aromatic rings. The first-order valence-corrected chi connectivity index (χ1v) is 10.7. The van der Waals surface area contributed by atoms with Gasteiger partial charge in [0.25, 0.3) is 0 Å². The fraction of sp³-hybridized carbons (Fsp3) is 0.632. The second-order valence-corrected chi connectivity index (χ2v) is 8.52. The van der Waals surface area contributed by atoms with E-state index in [1.165, 1.54) is 5.56 Å². The number of amides is 1. The molecule has 0 bridgehead atoms. The van der Waals surface area contributed by atoms with Crippen molar-refractivity contribution in [1.29, 1.82) is 0 Å². The summed E-state index contributed by atoms with van der Waals surface area (Å²) in [5, 5.41) is 1.56. The van der Waals surface area contributed by atoms with Gasteiger partial charge in [0.2, 0.25) is 0 Å². The summed E-state index contributed by atoms with van der Waals surface area (Å²) >= 11 is 13.9. The molecule has 0 spiro atoms. The maximum absolute atomic E-state index is 12.1. The molecule has 25 heavy (non-hydrogen) atoms. The monoisotopic (exact) mass is 449 g/mol. The standard InChI is InChI=1S/C19H29BrClNO2S/c1-14(15-8-9-17(21)16(11-15)12-20)7-5-6-10-22(13-25)18(23)24-19(2,3)4/h8-9,11,14,25H,5-7,10,12-13H2,1-4H3. The van der Waals surface area contributed by atoms with Gasteiger partial charge in [0.05, 0.1) is 5.88 Å². The molecule has 0 N–H and O–H groups in total. The van der Waals surface area contributed by atoms with Gasteiger partial charge in [-0.2, -0.15) is 12.6 Å². The minimum absolute atomic E-state index is 0.296. The number of unbranched alkanes of at least 4 members (excludes halogenated alkanes) is 1. The zero-order valence-electron chi connectivity index (χ0n) is 15.5. The van der Waals surface area contributed by atoms with E-state index >= 15 is 0 Å². The number of hydrogen-bond acceptors (Lipinski definition) is 3.